The molecule has 0 aliphatic carbocycles. The first-order valence-corrected chi connectivity index (χ1v) is 8.81. The van der Waals surface area contributed by atoms with E-state index >= 15 is 0 Å². The molecule has 0 aliphatic heterocycles. The summed E-state index contributed by atoms with van der Waals surface area (Å²) in [5, 5.41) is 12.7. The number of ether oxygens (including phenoxy) is 3. The molecular weight excluding hydrogens is 416 g/mol. The number of nitro groups is 1. The van der Waals surface area contributed by atoms with Crippen molar-refractivity contribution in [1.82, 2.24) is 16.2 Å². The van der Waals surface area contributed by atoms with Gasteiger partial charge in [-0.15, -0.1) is 0 Å². The van der Waals surface area contributed by atoms with Crippen LogP contribution >= 0.6 is 12.2 Å². The Morgan fingerprint density at radius 3 is 1.93 bits per heavy atom. The van der Waals surface area contributed by atoms with Gasteiger partial charge in [0, 0.05) is 12.1 Å². The van der Waals surface area contributed by atoms with Crippen molar-refractivity contribution >= 4 is 34.8 Å². The van der Waals surface area contributed by atoms with Crippen LogP contribution in [0.1, 0.15) is 0 Å². The molecule has 3 N–H and O–H groups in total. The molecule has 0 saturated carbocycles. The first kappa shape index (κ1) is 22.4. The highest BCUT2D eigenvalue weighted by Crippen LogP contribution is 2.17. The van der Waals surface area contributed by atoms with E-state index in [0.29, 0.717) is 11.5 Å². The fraction of sp³-hybridized carbons (Fsp3) is 0.167. The molecule has 0 atom stereocenters. The molecule has 0 aromatic heterocycles. The van der Waals surface area contributed by atoms with Crippen LogP contribution in [0.2, 0.25) is 0 Å². The molecule has 0 aliphatic rings. The van der Waals surface area contributed by atoms with Gasteiger partial charge in [0.05, 0.1) is 12.0 Å². The van der Waals surface area contributed by atoms with Gasteiger partial charge in [-0.1, -0.05) is 0 Å². The van der Waals surface area contributed by atoms with Crippen molar-refractivity contribution in [2.75, 3.05) is 20.3 Å². The Morgan fingerprint density at radius 1 is 0.900 bits per heavy atom. The van der Waals surface area contributed by atoms with E-state index in [1.165, 1.54) is 24.3 Å². The zero-order chi connectivity index (χ0) is 21.9. The fourth-order valence-electron chi connectivity index (χ4n) is 1.99. The lowest BCUT2D eigenvalue weighted by Crippen LogP contribution is -2.50. The summed E-state index contributed by atoms with van der Waals surface area (Å²) >= 11 is 4.89. The molecule has 158 valence electrons. The van der Waals surface area contributed by atoms with E-state index in [0.717, 1.165) is 0 Å². The van der Waals surface area contributed by atoms with Crippen molar-refractivity contribution in [3.8, 4) is 17.2 Å². The number of nitro benzene ring substituents is 1. The maximum atomic E-state index is 11.8. The number of carbonyl (C=O) groups is 2. The highest BCUT2D eigenvalue weighted by atomic mass is 32.1. The lowest BCUT2D eigenvalue weighted by Gasteiger charge is -2.12. The average molecular weight is 434 g/mol. The summed E-state index contributed by atoms with van der Waals surface area (Å²) in [4.78, 5) is 33.6. The molecule has 0 unspecified atom stereocenters. The third-order valence-electron chi connectivity index (χ3n) is 3.42. The van der Waals surface area contributed by atoms with Gasteiger partial charge in [-0.3, -0.25) is 35.9 Å². The number of amides is 2. The molecule has 0 saturated heterocycles. The zero-order valence-electron chi connectivity index (χ0n) is 15.7. The second-order valence-electron chi connectivity index (χ2n) is 5.55. The van der Waals surface area contributed by atoms with E-state index in [1.807, 2.05) is 0 Å². The van der Waals surface area contributed by atoms with Crippen LogP contribution in [-0.2, 0) is 9.59 Å². The summed E-state index contributed by atoms with van der Waals surface area (Å²) in [6.45, 7) is -0.659. The van der Waals surface area contributed by atoms with Crippen molar-refractivity contribution in [3.63, 3.8) is 0 Å². The normalized spacial score (nSPS) is 9.77. The predicted molar refractivity (Wildman–Crippen MR) is 109 cm³/mol. The Bertz CT molecular complexity index is 904. The summed E-state index contributed by atoms with van der Waals surface area (Å²) in [5.41, 5.74) is 4.53. The lowest BCUT2D eigenvalue weighted by molar-refractivity contribution is -0.384. The number of methoxy groups -OCH3 is 1. The van der Waals surface area contributed by atoms with Gasteiger partial charge in [-0.2, -0.15) is 0 Å². The van der Waals surface area contributed by atoms with Crippen molar-refractivity contribution < 1.29 is 28.7 Å². The topological polar surface area (TPSA) is 141 Å². The second-order valence-corrected chi connectivity index (χ2v) is 5.96. The van der Waals surface area contributed by atoms with Crippen LogP contribution in [0.4, 0.5) is 5.69 Å². The maximum absolute atomic E-state index is 11.8. The van der Waals surface area contributed by atoms with Gasteiger partial charge in [0.2, 0.25) is 0 Å². The number of hydrazine groups is 1. The minimum atomic E-state index is -0.588. The number of non-ortho nitro benzene ring substituents is 1. The summed E-state index contributed by atoms with van der Waals surface area (Å²) in [6, 6.07) is 11.9. The molecule has 2 rings (SSSR count). The van der Waals surface area contributed by atoms with Crippen molar-refractivity contribution in [1.29, 1.82) is 0 Å². The van der Waals surface area contributed by atoms with Crippen LogP contribution in [0.15, 0.2) is 48.5 Å². The SMILES string of the molecule is COc1ccc(OCC(=O)NNC(=S)NC(=O)COc2ccc([N+](=O)[O-])cc2)cc1. The summed E-state index contributed by atoms with van der Waals surface area (Å²) < 4.78 is 15.5. The fourth-order valence-corrected chi connectivity index (χ4v) is 2.16. The zero-order valence-corrected chi connectivity index (χ0v) is 16.6. The van der Waals surface area contributed by atoms with E-state index < -0.39 is 16.7 Å². The van der Waals surface area contributed by atoms with Gasteiger partial charge in [0.1, 0.15) is 17.2 Å². The van der Waals surface area contributed by atoms with Gasteiger partial charge in [-0.25, -0.2) is 0 Å². The van der Waals surface area contributed by atoms with Crippen LogP contribution in [-0.4, -0.2) is 42.2 Å². The summed E-state index contributed by atoms with van der Waals surface area (Å²) in [6.07, 6.45) is 0. The highest BCUT2D eigenvalue weighted by molar-refractivity contribution is 7.80. The lowest BCUT2D eigenvalue weighted by atomic mass is 10.3. The first-order chi connectivity index (χ1) is 14.4. The van der Waals surface area contributed by atoms with Crippen molar-refractivity contribution in [3.05, 3.63) is 58.6 Å². The Balaban J connectivity index is 1.64. The van der Waals surface area contributed by atoms with Gasteiger partial charge in [0.15, 0.2) is 18.3 Å². The first-order valence-electron chi connectivity index (χ1n) is 8.40. The third-order valence-corrected chi connectivity index (χ3v) is 3.62. The molecule has 0 radical (unpaired) electrons. The van der Waals surface area contributed by atoms with E-state index in [4.69, 9.17) is 26.4 Å². The average Bonchev–Trinajstić information content (AvgIpc) is 2.75. The number of thiocarbonyl (C=S) groups is 1. The molecule has 2 aromatic carbocycles. The number of hydrogen-bond acceptors (Lipinski definition) is 8. The number of carbonyl (C=O) groups excluding carboxylic acids is 2. The number of rotatable bonds is 8. The standard InChI is InChI=1S/C18H18N4O7S/c1-27-13-6-8-15(9-7-13)29-11-17(24)20-21-18(30)19-16(23)10-28-14-4-2-12(3-5-14)22(25)26/h2-9H,10-11H2,1H3,(H,20,24)(H2,19,21,23,30). The van der Waals surface area contributed by atoms with E-state index in [-0.39, 0.29) is 29.8 Å². The second kappa shape index (κ2) is 11.2. The molecule has 2 aromatic rings. The number of nitrogens with zero attached hydrogens (tertiary/aromatic N) is 1. The highest BCUT2D eigenvalue weighted by Gasteiger charge is 2.09. The molecule has 0 heterocycles. The molecule has 30 heavy (non-hydrogen) atoms. The molecule has 11 nitrogen and oxygen atoms in total. The van der Waals surface area contributed by atoms with E-state index in [1.54, 1.807) is 31.4 Å². The molecular formula is C18H18N4O7S. The van der Waals surface area contributed by atoms with Crippen molar-refractivity contribution in [2.45, 2.75) is 0 Å². The van der Waals surface area contributed by atoms with Gasteiger partial charge in [-0.05, 0) is 48.6 Å². The quantitative estimate of drug-likeness (QED) is 0.316. The summed E-state index contributed by atoms with van der Waals surface area (Å²) in [5.74, 6) is 0.301. The van der Waals surface area contributed by atoms with E-state index in [9.17, 15) is 19.7 Å². The Hall–Kier alpha value is -3.93. The predicted octanol–water partition coefficient (Wildman–Crippen LogP) is 1.08. The number of nitrogens with one attached hydrogen (secondary N) is 3. The van der Waals surface area contributed by atoms with Gasteiger partial charge >= 0.3 is 0 Å². The van der Waals surface area contributed by atoms with Crippen LogP contribution in [0.25, 0.3) is 0 Å². The monoisotopic (exact) mass is 434 g/mol. The minimum absolute atomic E-state index is 0.0936. The minimum Gasteiger partial charge on any atom is -0.497 e. The Labute approximate surface area is 176 Å². The van der Waals surface area contributed by atoms with Crippen LogP contribution in [0.3, 0.4) is 0 Å². The van der Waals surface area contributed by atoms with Crippen LogP contribution in [0, 0.1) is 10.1 Å². The van der Waals surface area contributed by atoms with Gasteiger partial charge < -0.3 is 14.2 Å². The smallest absolute Gasteiger partial charge is 0.276 e. The Morgan fingerprint density at radius 2 is 1.40 bits per heavy atom. The third kappa shape index (κ3) is 7.59. The Kier molecular flexibility index (Phi) is 8.32. The number of benzene rings is 2. The molecule has 12 heteroatoms. The molecule has 0 bridgehead atoms. The van der Waals surface area contributed by atoms with Gasteiger partial charge in [0.25, 0.3) is 17.5 Å². The van der Waals surface area contributed by atoms with Crippen LogP contribution < -0.4 is 30.4 Å². The molecule has 0 spiro atoms. The molecule has 0 fully saturated rings. The van der Waals surface area contributed by atoms with Crippen molar-refractivity contribution in [2.24, 2.45) is 0 Å². The number of hydrogen-bond donors (Lipinski definition) is 3. The maximum Gasteiger partial charge on any atom is 0.276 e. The summed E-state index contributed by atoms with van der Waals surface area (Å²) in [7, 11) is 1.54. The van der Waals surface area contributed by atoms with Crippen LogP contribution in [0.5, 0.6) is 17.2 Å². The van der Waals surface area contributed by atoms with E-state index in [2.05, 4.69) is 16.2 Å². The molecule has 2 amide bonds. The largest absolute Gasteiger partial charge is 0.497 e.